The molecular formula is C11H19NO. The fourth-order valence-corrected chi connectivity index (χ4v) is 1.67. The molecule has 0 N–H and O–H groups in total. The van der Waals surface area contributed by atoms with Crippen LogP contribution in [0.15, 0.2) is 12.2 Å². The normalized spacial score (nSPS) is 23.4. The second-order valence-electron chi connectivity index (χ2n) is 4.22. The van der Waals surface area contributed by atoms with E-state index in [1.54, 1.807) is 0 Å². The standard InChI is InChI=1S/C11H19NO/c1-8(2)11(13)10-6-5-7-12(10)9(3)4/h5-6,8-10H,7H2,1-4H3/t10-/m0/s1. The predicted molar refractivity (Wildman–Crippen MR) is 54.6 cm³/mol. The van der Waals surface area contributed by atoms with Gasteiger partial charge in [-0.1, -0.05) is 26.0 Å². The van der Waals surface area contributed by atoms with Crippen LogP contribution in [0.3, 0.4) is 0 Å². The minimum absolute atomic E-state index is 0.0278. The number of rotatable bonds is 3. The van der Waals surface area contributed by atoms with Crippen molar-refractivity contribution < 1.29 is 4.79 Å². The number of carbonyl (C=O) groups is 1. The van der Waals surface area contributed by atoms with E-state index in [1.165, 1.54) is 0 Å². The second kappa shape index (κ2) is 4.05. The lowest BCUT2D eigenvalue weighted by Gasteiger charge is -2.28. The number of Topliss-reactive ketones (excluding diaryl/α,β-unsaturated/α-hetero) is 1. The summed E-state index contributed by atoms with van der Waals surface area (Å²) >= 11 is 0. The summed E-state index contributed by atoms with van der Waals surface area (Å²) in [5.41, 5.74) is 0. The largest absolute Gasteiger partial charge is 0.297 e. The molecule has 0 saturated carbocycles. The lowest BCUT2D eigenvalue weighted by atomic mass is 10.0. The molecule has 0 aromatic heterocycles. The van der Waals surface area contributed by atoms with Crippen LogP contribution < -0.4 is 0 Å². The molecule has 1 aliphatic rings. The number of carbonyl (C=O) groups excluding carboxylic acids is 1. The molecule has 2 nitrogen and oxygen atoms in total. The molecule has 0 saturated heterocycles. The molecule has 1 aliphatic heterocycles. The summed E-state index contributed by atoms with van der Waals surface area (Å²) in [5.74, 6) is 0.469. The van der Waals surface area contributed by atoms with E-state index in [0.717, 1.165) is 6.54 Å². The van der Waals surface area contributed by atoms with Gasteiger partial charge >= 0.3 is 0 Å². The summed E-state index contributed by atoms with van der Waals surface area (Å²) in [6.07, 6.45) is 4.12. The number of hydrogen-bond donors (Lipinski definition) is 0. The van der Waals surface area contributed by atoms with Gasteiger partial charge in [-0.15, -0.1) is 0 Å². The monoisotopic (exact) mass is 181 g/mol. The van der Waals surface area contributed by atoms with Crippen molar-refractivity contribution >= 4 is 5.78 Å². The molecule has 1 heterocycles. The molecule has 13 heavy (non-hydrogen) atoms. The fraction of sp³-hybridized carbons (Fsp3) is 0.727. The van der Waals surface area contributed by atoms with Crippen LogP contribution in [0.25, 0.3) is 0 Å². The number of hydrogen-bond acceptors (Lipinski definition) is 2. The average molecular weight is 181 g/mol. The van der Waals surface area contributed by atoms with Crippen molar-refractivity contribution in [1.82, 2.24) is 4.90 Å². The Morgan fingerprint density at radius 3 is 2.46 bits per heavy atom. The molecule has 0 aliphatic carbocycles. The van der Waals surface area contributed by atoms with E-state index >= 15 is 0 Å². The third kappa shape index (κ3) is 2.19. The van der Waals surface area contributed by atoms with Crippen molar-refractivity contribution in [3.8, 4) is 0 Å². The second-order valence-corrected chi connectivity index (χ2v) is 4.22. The van der Waals surface area contributed by atoms with Gasteiger partial charge < -0.3 is 0 Å². The first kappa shape index (κ1) is 10.5. The van der Waals surface area contributed by atoms with Crippen LogP contribution in [-0.2, 0) is 4.79 Å². The minimum atomic E-state index is 0.0278. The summed E-state index contributed by atoms with van der Waals surface area (Å²) in [5, 5.41) is 0. The van der Waals surface area contributed by atoms with Crippen LogP contribution in [-0.4, -0.2) is 29.3 Å². The van der Waals surface area contributed by atoms with Crippen molar-refractivity contribution in [3.63, 3.8) is 0 Å². The van der Waals surface area contributed by atoms with Crippen molar-refractivity contribution in [3.05, 3.63) is 12.2 Å². The summed E-state index contributed by atoms with van der Waals surface area (Å²) in [6.45, 7) is 9.11. The van der Waals surface area contributed by atoms with E-state index in [0.29, 0.717) is 11.8 Å². The Balaban J connectivity index is 2.68. The molecule has 2 heteroatoms. The molecule has 0 radical (unpaired) electrons. The van der Waals surface area contributed by atoms with E-state index in [4.69, 9.17) is 0 Å². The van der Waals surface area contributed by atoms with Crippen molar-refractivity contribution in [2.24, 2.45) is 5.92 Å². The van der Waals surface area contributed by atoms with E-state index in [9.17, 15) is 4.79 Å². The Hall–Kier alpha value is -0.630. The molecule has 0 unspecified atom stereocenters. The van der Waals surface area contributed by atoms with Crippen molar-refractivity contribution in [1.29, 1.82) is 0 Å². The van der Waals surface area contributed by atoms with Gasteiger partial charge in [0.1, 0.15) is 0 Å². The van der Waals surface area contributed by atoms with E-state index in [-0.39, 0.29) is 12.0 Å². The minimum Gasteiger partial charge on any atom is -0.297 e. The Kier molecular flexibility index (Phi) is 3.26. The van der Waals surface area contributed by atoms with Gasteiger partial charge in [0.25, 0.3) is 0 Å². The Morgan fingerprint density at radius 1 is 1.38 bits per heavy atom. The predicted octanol–water partition coefficient (Wildman–Crippen LogP) is 1.86. The van der Waals surface area contributed by atoms with Gasteiger partial charge in [-0.2, -0.15) is 0 Å². The quantitative estimate of drug-likeness (QED) is 0.619. The SMILES string of the molecule is CC(C)C(=O)[C@@H]1C=CCN1C(C)C. The van der Waals surface area contributed by atoms with Gasteiger partial charge in [0.2, 0.25) is 0 Å². The zero-order chi connectivity index (χ0) is 10.0. The maximum absolute atomic E-state index is 11.8. The number of ketones is 1. The van der Waals surface area contributed by atoms with Gasteiger partial charge in [-0.25, -0.2) is 0 Å². The smallest absolute Gasteiger partial charge is 0.156 e. The molecule has 1 atom stereocenters. The molecule has 0 bridgehead atoms. The Labute approximate surface area is 80.6 Å². The maximum Gasteiger partial charge on any atom is 0.156 e. The van der Waals surface area contributed by atoms with Crippen LogP contribution in [0.1, 0.15) is 27.7 Å². The summed E-state index contributed by atoms with van der Waals surface area (Å²) in [6, 6.07) is 0.475. The van der Waals surface area contributed by atoms with Gasteiger partial charge in [0.15, 0.2) is 5.78 Å². The molecule has 0 amide bonds. The van der Waals surface area contributed by atoms with E-state index < -0.39 is 0 Å². The molecular weight excluding hydrogens is 162 g/mol. The van der Waals surface area contributed by atoms with E-state index in [2.05, 4.69) is 24.8 Å². The van der Waals surface area contributed by atoms with Gasteiger partial charge in [-0.3, -0.25) is 9.69 Å². The van der Waals surface area contributed by atoms with Crippen LogP contribution in [0.2, 0.25) is 0 Å². The van der Waals surface area contributed by atoms with Crippen LogP contribution in [0, 0.1) is 5.92 Å². The molecule has 1 rings (SSSR count). The first-order valence-electron chi connectivity index (χ1n) is 5.00. The highest BCUT2D eigenvalue weighted by Gasteiger charge is 2.29. The summed E-state index contributed by atoms with van der Waals surface area (Å²) in [7, 11) is 0. The van der Waals surface area contributed by atoms with Crippen LogP contribution >= 0.6 is 0 Å². The Bertz CT molecular complexity index is 218. The topological polar surface area (TPSA) is 20.3 Å². The molecule has 0 spiro atoms. The fourth-order valence-electron chi connectivity index (χ4n) is 1.67. The summed E-state index contributed by atoms with van der Waals surface area (Å²) < 4.78 is 0. The van der Waals surface area contributed by atoms with Crippen molar-refractivity contribution in [2.45, 2.75) is 39.8 Å². The average Bonchev–Trinajstić information content (AvgIpc) is 2.50. The first-order valence-corrected chi connectivity index (χ1v) is 5.00. The third-order valence-corrected chi connectivity index (χ3v) is 2.52. The van der Waals surface area contributed by atoms with Crippen LogP contribution in [0.5, 0.6) is 0 Å². The number of nitrogens with zero attached hydrogens (tertiary/aromatic N) is 1. The zero-order valence-electron chi connectivity index (χ0n) is 8.95. The highest BCUT2D eigenvalue weighted by Crippen LogP contribution is 2.17. The highest BCUT2D eigenvalue weighted by molar-refractivity contribution is 5.88. The molecule has 0 aromatic carbocycles. The zero-order valence-corrected chi connectivity index (χ0v) is 8.95. The van der Waals surface area contributed by atoms with Crippen LogP contribution in [0.4, 0.5) is 0 Å². The summed E-state index contributed by atoms with van der Waals surface area (Å²) in [4.78, 5) is 14.0. The maximum atomic E-state index is 11.8. The lowest BCUT2D eigenvalue weighted by molar-refractivity contribution is -0.125. The lowest BCUT2D eigenvalue weighted by Crippen LogP contribution is -2.42. The molecule has 74 valence electrons. The highest BCUT2D eigenvalue weighted by atomic mass is 16.1. The van der Waals surface area contributed by atoms with Gasteiger partial charge in [0, 0.05) is 18.5 Å². The van der Waals surface area contributed by atoms with Gasteiger partial charge in [0.05, 0.1) is 6.04 Å². The van der Waals surface area contributed by atoms with E-state index in [1.807, 2.05) is 19.9 Å². The first-order chi connectivity index (χ1) is 6.04. The molecule has 0 fully saturated rings. The molecule has 0 aromatic rings. The van der Waals surface area contributed by atoms with Gasteiger partial charge in [-0.05, 0) is 13.8 Å². The Morgan fingerprint density at radius 2 is 2.00 bits per heavy atom. The van der Waals surface area contributed by atoms with Crippen molar-refractivity contribution in [2.75, 3.05) is 6.54 Å². The third-order valence-electron chi connectivity index (χ3n) is 2.52.